The fourth-order valence-electron chi connectivity index (χ4n) is 8.50. The number of hydrogen-bond acceptors (Lipinski definition) is 0. The molecule has 0 unspecified atom stereocenters. The van der Waals surface area contributed by atoms with Gasteiger partial charge < -0.3 is 0 Å². The molecule has 10 rings (SSSR count). The van der Waals surface area contributed by atoms with E-state index in [1.807, 2.05) is 50.2 Å². The van der Waals surface area contributed by atoms with Crippen LogP contribution in [-0.4, -0.2) is 0 Å². The van der Waals surface area contributed by atoms with Gasteiger partial charge in [-0.2, -0.15) is 0 Å². The molecule has 0 radical (unpaired) electrons. The van der Waals surface area contributed by atoms with Crippen molar-refractivity contribution in [1.29, 1.82) is 0 Å². The van der Waals surface area contributed by atoms with E-state index in [9.17, 15) is 0 Å². The van der Waals surface area contributed by atoms with Gasteiger partial charge in [0.15, 0.2) is 0 Å². The Bertz CT molecular complexity index is 2580. The molecule has 0 amide bonds. The summed E-state index contributed by atoms with van der Waals surface area (Å²) >= 11 is 0. The van der Waals surface area contributed by atoms with Crippen LogP contribution in [0, 0.1) is 40.4 Å². The molecule has 0 atom stereocenters. The summed E-state index contributed by atoms with van der Waals surface area (Å²) in [7, 11) is 0. The second-order valence-corrected chi connectivity index (χ2v) is 14.5. The van der Waals surface area contributed by atoms with Gasteiger partial charge in [-0.05, 0) is 113 Å². The van der Waals surface area contributed by atoms with Crippen molar-refractivity contribution in [3.8, 4) is 33.4 Å². The normalized spacial score (nSPS) is 12.1. The zero-order valence-electron chi connectivity index (χ0n) is 33.0. The van der Waals surface area contributed by atoms with E-state index in [4.69, 9.17) is 0 Å². The molecule has 2 aliphatic rings. The molecule has 0 heterocycles. The molecule has 1 heteroatoms. The van der Waals surface area contributed by atoms with Crippen LogP contribution in [0.25, 0.3) is 44.2 Å². The smallest absolute Gasteiger partial charge is 0.131 e. The van der Waals surface area contributed by atoms with Gasteiger partial charge in [-0.3, -0.25) is 0 Å². The Morgan fingerprint density at radius 2 is 0.855 bits per heavy atom. The lowest BCUT2D eigenvalue weighted by molar-refractivity contribution is 0.634. The molecule has 0 saturated heterocycles. The number of benzene rings is 8. The first-order valence-electron chi connectivity index (χ1n) is 19.5. The number of halogens is 1. The molecule has 0 saturated carbocycles. The standard InChI is InChI=1S/C30H19F.C15H16.C7H8.C2H6/c1-18-14-15-23-26(16-18)30(27-17-28(31)21-10-2-3-11-22(21)29(23)27)24-12-6-4-8-19(24)20-9-5-7-13-25(20)30;1-11-8-9-13(3)15(10-11)14-7-5-4-6-12(14)2;1-7-5-3-2-4-6-7;1-2/h2-17H,1H3;4-10H,1-3H3;2-6H,1H3;1-2H3. The second kappa shape index (κ2) is 15.7. The third-order valence-electron chi connectivity index (χ3n) is 11.0. The van der Waals surface area contributed by atoms with Gasteiger partial charge in [0.05, 0.1) is 5.41 Å². The van der Waals surface area contributed by atoms with Crippen molar-refractivity contribution in [3.05, 3.63) is 226 Å². The molecule has 0 aromatic heterocycles. The van der Waals surface area contributed by atoms with Crippen LogP contribution in [0.15, 0.2) is 170 Å². The van der Waals surface area contributed by atoms with Crippen molar-refractivity contribution in [2.45, 2.75) is 53.9 Å². The largest absolute Gasteiger partial charge is 0.206 e. The molecular formula is C54H49F. The molecule has 55 heavy (non-hydrogen) atoms. The Kier molecular flexibility index (Phi) is 10.7. The van der Waals surface area contributed by atoms with Crippen LogP contribution in [-0.2, 0) is 5.41 Å². The van der Waals surface area contributed by atoms with Crippen molar-refractivity contribution >= 4 is 10.8 Å². The van der Waals surface area contributed by atoms with Crippen molar-refractivity contribution in [1.82, 2.24) is 0 Å². The lowest BCUT2D eigenvalue weighted by Crippen LogP contribution is -2.26. The number of rotatable bonds is 1. The van der Waals surface area contributed by atoms with Crippen molar-refractivity contribution < 1.29 is 4.39 Å². The molecule has 0 bridgehead atoms. The van der Waals surface area contributed by atoms with Gasteiger partial charge in [0.1, 0.15) is 5.82 Å². The highest BCUT2D eigenvalue weighted by molar-refractivity contribution is 6.06. The summed E-state index contributed by atoms with van der Waals surface area (Å²) in [5.41, 5.74) is 18.4. The number of fused-ring (bicyclic) bond motifs is 12. The molecule has 8 aromatic rings. The number of hydrogen-bond donors (Lipinski definition) is 0. The van der Waals surface area contributed by atoms with Gasteiger partial charge in [0, 0.05) is 5.39 Å². The monoisotopic (exact) mass is 716 g/mol. The highest BCUT2D eigenvalue weighted by Crippen LogP contribution is 2.63. The maximum absolute atomic E-state index is 15.5. The van der Waals surface area contributed by atoms with E-state index in [0.717, 1.165) is 10.9 Å². The fraction of sp³-hybridized carbons (Fsp3) is 0.148. The quantitative estimate of drug-likeness (QED) is 0.159. The molecule has 0 N–H and O–H groups in total. The lowest BCUT2D eigenvalue weighted by atomic mass is 9.70. The second-order valence-electron chi connectivity index (χ2n) is 14.5. The average molecular weight is 717 g/mol. The zero-order valence-corrected chi connectivity index (χ0v) is 33.0. The molecule has 2 aliphatic carbocycles. The predicted molar refractivity (Wildman–Crippen MR) is 234 cm³/mol. The van der Waals surface area contributed by atoms with E-state index in [1.165, 1.54) is 77.9 Å². The van der Waals surface area contributed by atoms with E-state index < -0.39 is 5.41 Å². The van der Waals surface area contributed by atoms with Crippen molar-refractivity contribution in [3.63, 3.8) is 0 Å². The average Bonchev–Trinajstić information content (AvgIpc) is 3.67. The lowest BCUT2D eigenvalue weighted by Gasteiger charge is -2.30. The summed E-state index contributed by atoms with van der Waals surface area (Å²) in [4.78, 5) is 0. The van der Waals surface area contributed by atoms with Gasteiger partial charge in [0.2, 0.25) is 0 Å². The third-order valence-corrected chi connectivity index (χ3v) is 11.0. The van der Waals surface area contributed by atoms with E-state index in [1.54, 1.807) is 6.07 Å². The van der Waals surface area contributed by atoms with Crippen LogP contribution in [0.5, 0.6) is 0 Å². The van der Waals surface area contributed by atoms with Crippen LogP contribution in [0.1, 0.15) is 63.9 Å². The Balaban J connectivity index is 0.000000161. The van der Waals surface area contributed by atoms with E-state index in [2.05, 4.69) is 162 Å². The van der Waals surface area contributed by atoms with Gasteiger partial charge in [-0.15, -0.1) is 0 Å². The zero-order chi connectivity index (χ0) is 38.7. The molecule has 1 spiro atoms. The fourth-order valence-corrected chi connectivity index (χ4v) is 8.50. The summed E-state index contributed by atoms with van der Waals surface area (Å²) in [5, 5.41) is 1.67. The number of aryl methyl sites for hydroxylation is 5. The maximum Gasteiger partial charge on any atom is 0.131 e. The molecular weight excluding hydrogens is 668 g/mol. The molecule has 272 valence electrons. The molecule has 0 fully saturated rings. The Hall–Kier alpha value is -6.05. The first-order valence-corrected chi connectivity index (χ1v) is 19.5. The van der Waals surface area contributed by atoms with Gasteiger partial charge >= 0.3 is 0 Å². The van der Waals surface area contributed by atoms with Crippen LogP contribution < -0.4 is 0 Å². The van der Waals surface area contributed by atoms with Crippen LogP contribution in [0.3, 0.4) is 0 Å². The summed E-state index contributed by atoms with van der Waals surface area (Å²) in [6, 6.07) is 59.1. The summed E-state index contributed by atoms with van der Waals surface area (Å²) < 4.78 is 15.5. The SMILES string of the molecule is CC.Cc1ccc(C)c(-c2ccccc2C)c1.Cc1ccc2c(c1)C1(c3ccccc3-c3ccccc31)c1cc(F)c3ccccc3c1-2.Cc1ccccc1. The summed E-state index contributed by atoms with van der Waals surface area (Å²) in [6.07, 6.45) is 0. The van der Waals surface area contributed by atoms with Crippen LogP contribution >= 0.6 is 0 Å². The van der Waals surface area contributed by atoms with Gasteiger partial charge in [-0.25, -0.2) is 4.39 Å². The molecule has 0 aliphatic heterocycles. The van der Waals surface area contributed by atoms with Crippen molar-refractivity contribution in [2.75, 3.05) is 0 Å². The van der Waals surface area contributed by atoms with E-state index in [0.29, 0.717) is 5.39 Å². The Morgan fingerprint density at radius 3 is 1.47 bits per heavy atom. The van der Waals surface area contributed by atoms with Gasteiger partial charge in [0.25, 0.3) is 0 Å². The van der Waals surface area contributed by atoms with Gasteiger partial charge in [-0.1, -0.05) is 194 Å². The highest BCUT2D eigenvalue weighted by atomic mass is 19.1. The van der Waals surface area contributed by atoms with E-state index >= 15 is 4.39 Å². The summed E-state index contributed by atoms with van der Waals surface area (Å²) in [6.45, 7) is 14.7. The third kappa shape index (κ3) is 6.59. The minimum atomic E-state index is -0.491. The Morgan fingerprint density at radius 1 is 0.345 bits per heavy atom. The van der Waals surface area contributed by atoms with Crippen molar-refractivity contribution in [2.24, 2.45) is 0 Å². The molecule has 0 nitrogen and oxygen atoms in total. The maximum atomic E-state index is 15.5. The highest BCUT2D eigenvalue weighted by Gasteiger charge is 2.52. The predicted octanol–water partition coefficient (Wildman–Crippen LogP) is 14.9. The summed E-state index contributed by atoms with van der Waals surface area (Å²) in [5.74, 6) is -0.153. The first kappa shape index (κ1) is 37.3. The topological polar surface area (TPSA) is 0 Å². The minimum Gasteiger partial charge on any atom is -0.206 e. The Labute approximate surface area is 327 Å². The molecule has 8 aromatic carbocycles. The van der Waals surface area contributed by atoms with Crippen LogP contribution in [0.4, 0.5) is 4.39 Å². The van der Waals surface area contributed by atoms with E-state index in [-0.39, 0.29) is 5.82 Å². The van der Waals surface area contributed by atoms with Crippen LogP contribution in [0.2, 0.25) is 0 Å². The first-order chi connectivity index (χ1) is 26.8. The minimum absolute atomic E-state index is 0.153.